The van der Waals surface area contributed by atoms with E-state index >= 15 is 0 Å². The molecule has 0 fully saturated rings. The van der Waals surface area contributed by atoms with E-state index in [-0.39, 0.29) is 5.91 Å². The van der Waals surface area contributed by atoms with E-state index < -0.39 is 0 Å². The first kappa shape index (κ1) is 13.8. The number of aryl methyl sites for hydroxylation is 1. The Labute approximate surface area is 127 Å². The fraction of sp³-hybridized carbons (Fsp3) is 0.188. The summed E-state index contributed by atoms with van der Waals surface area (Å²) in [5.74, 6) is 0.760. The topological polar surface area (TPSA) is 47.2 Å². The standard InChI is InChI=1S/C16H15ClN2O2/c1-19-14-10-12(17)5-4-11(14)9-15(19)16(20)18-7-6-13-3-2-8-21-13/h2-5,8-10H,6-7H2,1H3,(H,18,20). The minimum absolute atomic E-state index is 0.101. The minimum atomic E-state index is -0.101. The average Bonchev–Trinajstić information content (AvgIpc) is 3.08. The second kappa shape index (κ2) is 5.66. The monoisotopic (exact) mass is 302 g/mol. The van der Waals surface area contributed by atoms with Gasteiger partial charge in [0.25, 0.3) is 5.91 Å². The molecule has 0 atom stereocenters. The Kier molecular flexibility index (Phi) is 3.71. The van der Waals surface area contributed by atoms with Gasteiger partial charge >= 0.3 is 0 Å². The number of fused-ring (bicyclic) bond motifs is 1. The number of hydrogen-bond donors (Lipinski definition) is 1. The summed E-state index contributed by atoms with van der Waals surface area (Å²) in [4.78, 5) is 12.3. The smallest absolute Gasteiger partial charge is 0.267 e. The van der Waals surface area contributed by atoms with Gasteiger partial charge in [-0.3, -0.25) is 4.79 Å². The molecule has 0 aliphatic heterocycles. The first-order valence-corrected chi connectivity index (χ1v) is 7.08. The zero-order valence-corrected chi connectivity index (χ0v) is 12.4. The molecule has 0 bridgehead atoms. The molecular weight excluding hydrogens is 288 g/mol. The molecule has 108 valence electrons. The number of aromatic nitrogens is 1. The van der Waals surface area contributed by atoms with Crippen LogP contribution in [0.25, 0.3) is 10.9 Å². The number of carbonyl (C=O) groups excluding carboxylic acids is 1. The van der Waals surface area contributed by atoms with E-state index in [0.717, 1.165) is 16.7 Å². The van der Waals surface area contributed by atoms with Crippen LogP contribution in [0.3, 0.4) is 0 Å². The number of carbonyl (C=O) groups is 1. The Morgan fingerprint density at radius 3 is 2.95 bits per heavy atom. The fourth-order valence-electron chi connectivity index (χ4n) is 2.37. The zero-order valence-electron chi connectivity index (χ0n) is 11.6. The normalized spacial score (nSPS) is 11.0. The van der Waals surface area contributed by atoms with E-state index in [2.05, 4.69) is 5.32 Å². The third kappa shape index (κ3) is 2.81. The van der Waals surface area contributed by atoms with Gasteiger partial charge in [-0.15, -0.1) is 0 Å². The van der Waals surface area contributed by atoms with Gasteiger partial charge in [0.1, 0.15) is 11.5 Å². The number of furan rings is 1. The highest BCUT2D eigenvalue weighted by Crippen LogP contribution is 2.22. The van der Waals surface area contributed by atoms with E-state index in [1.54, 1.807) is 6.26 Å². The van der Waals surface area contributed by atoms with Gasteiger partial charge in [-0.1, -0.05) is 17.7 Å². The van der Waals surface area contributed by atoms with Crippen LogP contribution in [-0.4, -0.2) is 17.0 Å². The summed E-state index contributed by atoms with van der Waals surface area (Å²) in [6.45, 7) is 0.536. The van der Waals surface area contributed by atoms with Crippen molar-refractivity contribution in [3.05, 3.63) is 59.1 Å². The van der Waals surface area contributed by atoms with Gasteiger partial charge in [0.05, 0.1) is 6.26 Å². The zero-order chi connectivity index (χ0) is 14.8. The molecule has 0 radical (unpaired) electrons. The van der Waals surface area contributed by atoms with Crippen LogP contribution in [0.15, 0.2) is 47.1 Å². The SMILES string of the molecule is Cn1c(C(=O)NCCc2ccco2)cc2ccc(Cl)cc21. The molecule has 2 heterocycles. The van der Waals surface area contributed by atoms with Crippen molar-refractivity contribution in [2.45, 2.75) is 6.42 Å². The summed E-state index contributed by atoms with van der Waals surface area (Å²) in [6, 6.07) is 11.2. The highest BCUT2D eigenvalue weighted by molar-refractivity contribution is 6.31. The van der Waals surface area contributed by atoms with Crippen LogP contribution in [0.5, 0.6) is 0 Å². The summed E-state index contributed by atoms with van der Waals surface area (Å²) in [5.41, 5.74) is 1.56. The van der Waals surface area contributed by atoms with Crippen LogP contribution >= 0.6 is 11.6 Å². The Bertz CT molecular complexity index is 775. The molecule has 0 unspecified atom stereocenters. The fourth-order valence-corrected chi connectivity index (χ4v) is 2.53. The molecule has 1 amide bonds. The number of benzene rings is 1. The minimum Gasteiger partial charge on any atom is -0.469 e. The first-order valence-electron chi connectivity index (χ1n) is 6.71. The quantitative estimate of drug-likeness (QED) is 0.803. The Hall–Kier alpha value is -2.20. The van der Waals surface area contributed by atoms with Gasteiger partial charge in [-0.05, 0) is 30.3 Å². The van der Waals surface area contributed by atoms with Crippen molar-refractivity contribution in [1.29, 1.82) is 0 Å². The van der Waals surface area contributed by atoms with Crippen LogP contribution in [0, 0.1) is 0 Å². The molecule has 2 aromatic heterocycles. The number of nitrogens with one attached hydrogen (secondary N) is 1. The van der Waals surface area contributed by atoms with Crippen molar-refractivity contribution in [2.75, 3.05) is 6.54 Å². The number of nitrogens with zero attached hydrogens (tertiary/aromatic N) is 1. The molecule has 1 N–H and O–H groups in total. The van der Waals surface area contributed by atoms with E-state index in [4.69, 9.17) is 16.0 Å². The maximum Gasteiger partial charge on any atom is 0.267 e. The molecule has 0 aliphatic rings. The lowest BCUT2D eigenvalue weighted by Gasteiger charge is -2.05. The molecule has 0 saturated heterocycles. The third-order valence-electron chi connectivity index (χ3n) is 3.48. The van der Waals surface area contributed by atoms with E-state index in [1.807, 2.05) is 48.0 Å². The summed E-state index contributed by atoms with van der Waals surface area (Å²) in [7, 11) is 1.86. The molecule has 3 aromatic rings. The van der Waals surface area contributed by atoms with Crippen LogP contribution in [0.2, 0.25) is 5.02 Å². The van der Waals surface area contributed by atoms with Crippen molar-refractivity contribution in [1.82, 2.24) is 9.88 Å². The molecule has 0 spiro atoms. The van der Waals surface area contributed by atoms with Gasteiger partial charge in [-0.2, -0.15) is 0 Å². The van der Waals surface area contributed by atoms with Gasteiger partial charge in [-0.25, -0.2) is 0 Å². The lowest BCUT2D eigenvalue weighted by molar-refractivity contribution is 0.0946. The average molecular weight is 303 g/mol. The maximum absolute atomic E-state index is 12.3. The predicted molar refractivity (Wildman–Crippen MR) is 82.7 cm³/mol. The van der Waals surface area contributed by atoms with Gasteiger partial charge in [0.15, 0.2) is 0 Å². The van der Waals surface area contributed by atoms with Gasteiger partial charge in [0.2, 0.25) is 0 Å². The molecular formula is C16H15ClN2O2. The number of halogens is 1. The molecule has 4 nitrogen and oxygen atoms in total. The van der Waals surface area contributed by atoms with E-state index in [0.29, 0.717) is 23.7 Å². The third-order valence-corrected chi connectivity index (χ3v) is 3.71. The second-order valence-electron chi connectivity index (χ2n) is 4.88. The van der Waals surface area contributed by atoms with E-state index in [9.17, 15) is 4.79 Å². The lowest BCUT2D eigenvalue weighted by atomic mass is 10.2. The summed E-state index contributed by atoms with van der Waals surface area (Å²) < 4.78 is 7.09. The Morgan fingerprint density at radius 2 is 2.19 bits per heavy atom. The summed E-state index contributed by atoms with van der Waals surface area (Å²) >= 11 is 6.00. The van der Waals surface area contributed by atoms with Crippen molar-refractivity contribution in [3.8, 4) is 0 Å². The van der Waals surface area contributed by atoms with Crippen LogP contribution in [-0.2, 0) is 13.5 Å². The highest BCUT2D eigenvalue weighted by Gasteiger charge is 2.13. The summed E-state index contributed by atoms with van der Waals surface area (Å²) in [6.07, 6.45) is 2.30. The Morgan fingerprint density at radius 1 is 1.33 bits per heavy atom. The number of hydrogen-bond acceptors (Lipinski definition) is 2. The number of amides is 1. The van der Waals surface area contributed by atoms with Crippen molar-refractivity contribution in [2.24, 2.45) is 7.05 Å². The van der Waals surface area contributed by atoms with Gasteiger partial charge in [0, 0.05) is 35.9 Å². The van der Waals surface area contributed by atoms with Crippen LogP contribution in [0.1, 0.15) is 16.2 Å². The largest absolute Gasteiger partial charge is 0.469 e. The first-order chi connectivity index (χ1) is 10.1. The van der Waals surface area contributed by atoms with Crippen LogP contribution < -0.4 is 5.32 Å². The molecule has 3 rings (SSSR count). The number of rotatable bonds is 4. The highest BCUT2D eigenvalue weighted by atomic mass is 35.5. The Balaban J connectivity index is 1.73. The lowest BCUT2D eigenvalue weighted by Crippen LogP contribution is -2.27. The van der Waals surface area contributed by atoms with E-state index in [1.165, 1.54) is 0 Å². The molecule has 5 heteroatoms. The van der Waals surface area contributed by atoms with Crippen molar-refractivity contribution < 1.29 is 9.21 Å². The molecule has 21 heavy (non-hydrogen) atoms. The summed E-state index contributed by atoms with van der Waals surface area (Å²) in [5, 5.41) is 4.56. The van der Waals surface area contributed by atoms with Crippen LogP contribution in [0.4, 0.5) is 0 Å². The molecule has 1 aromatic carbocycles. The molecule has 0 aliphatic carbocycles. The van der Waals surface area contributed by atoms with Crippen molar-refractivity contribution in [3.63, 3.8) is 0 Å². The maximum atomic E-state index is 12.3. The molecule has 0 saturated carbocycles. The van der Waals surface area contributed by atoms with Gasteiger partial charge < -0.3 is 14.3 Å². The predicted octanol–water partition coefficient (Wildman–Crippen LogP) is 3.40. The van der Waals surface area contributed by atoms with Crippen molar-refractivity contribution >= 4 is 28.4 Å². The second-order valence-corrected chi connectivity index (χ2v) is 5.31.